The van der Waals surface area contributed by atoms with Gasteiger partial charge in [-0.3, -0.25) is 9.52 Å². The Bertz CT molecular complexity index is 377. The molecule has 4 nitrogen and oxygen atoms in total. The molecule has 1 aromatic heterocycles. The van der Waals surface area contributed by atoms with E-state index in [4.69, 9.17) is 4.84 Å². The van der Waals surface area contributed by atoms with Crippen molar-refractivity contribution >= 4 is 0 Å². The Morgan fingerprint density at radius 1 is 1.35 bits per heavy atom. The molecule has 0 bridgehead atoms. The highest BCUT2D eigenvalue weighted by Gasteiger charge is 2.19. The zero-order valence-corrected chi connectivity index (χ0v) is 12.1. The summed E-state index contributed by atoms with van der Waals surface area (Å²) in [4.78, 5) is 5.61. The standard InChI is InChI=1S/C13H25N3O/c1-8-16-11(4)12(9(2)14-16)10(3)15-17-13(5,6)7/h10,15H,8H2,1-7H3. The Kier molecular flexibility index (Phi) is 4.33. The zero-order valence-electron chi connectivity index (χ0n) is 12.1. The van der Waals surface area contributed by atoms with E-state index in [1.165, 1.54) is 11.3 Å². The molecular formula is C13H25N3O. The van der Waals surface area contributed by atoms with Gasteiger partial charge in [-0.25, -0.2) is 0 Å². The normalized spacial score (nSPS) is 14.1. The van der Waals surface area contributed by atoms with E-state index in [0.717, 1.165) is 12.2 Å². The first-order chi connectivity index (χ1) is 7.76. The van der Waals surface area contributed by atoms with Gasteiger partial charge in [0.1, 0.15) is 0 Å². The summed E-state index contributed by atoms with van der Waals surface area (Å²) in [5.74, 6) is 0. The van der Waals surface area contributed by atoms with Crippen LogP contribution in [0.4, 0.5) is 0 Å². The molecule has 1 atom stereocenters. The second kappa shape index (κ2) is 5.19. The Balaban J connectivity index is 2.82. The number of hydrogen-bond acceptors (Lipinski definition) is 3. The number of aromatic nitrogens is 2. The SMILES string of the molecule is CCn1nc(C)c(C(C)NOC(C)(C)C)c1C. The van der Waals surface area contributed by atoms with E-state index in [-0.39, 0.29) is 11.6 Å². The van der Waals surface area contributed by atoms with Crippen LogP contribution >= 0.6 is 0 Å². The van der Waals surface area contributed by atoms with Gasteiger partial charge in [-0.05, 0) is 48.5 Å². The lowest BCUT2D eigenvalue weighted by molar-refractivity contribution is -0.0867. The lowest BCUT2D eigenvalue weighted by Crippen LogP contribution is -2.31. The van der Waals surface area contributed by atoms with Gasteiger partial charge in [-0.2, -0.15) is 10.6 Å². The van der Waals surface area contributed by atoms with Crippen molar-refractivity contribution in [2.45, 2.75) is 66.7 Å². The molecule has 0 fully saturated rings. The van der Waals surface area contributed by atoms with Crippen LogP contribution in [0.15, 0.2) is 0 Å². The summed E-state index contributed by atoms with van der Waals surface area (Å²) in [5.41, 5.74) is 6.44. The molecule has 0 aromatic carbocycles. The average Bonchev–Trinajstić information content (AvgIpc) is 2.49. The van der Waals surface area contributed by atoms with Gasteiger partial charge < -0.3 is 0 Å². The number of rotatable bonds is 4. The predicted octanol–water partition coefficient (Wildman–Crippen LogP) is 2.90. The van der Waals surface area contributed by atoms with Crippen LogP contribution in [0.5, 0.6) is 0 Å². The molecule has 0 saturated carbocycles. The van der Waals surface area contributed by atoms with Gasteiger partial charge >= 0.3 is 0 Å². The van der Waals surface area contributed by atoms with Crippen LogP contribution < -0.4 is 5.48 Å². The molecule has 0 aliphatic heterocycles. The highest BCUT2D eigenvalue weighted by molar-refractivity contribution is 5.27. The number of nitrogens with one attached hydrogen (secondary N) is 1. The highest BCUT2D eigenvalue weighted by Crippen LogP contribution is 2.22. The minimum absolute atomic E-state index is 0.148. The maximum atomic E-state index is 5.61. The first-order valence-electron chi connectivity index (χ1n) is 6.23. The second-order valence-electron chi connectivity index (χ2n) is 5.45. The molecule has 0 aliphatic carbocycles. The van der Waals surface area contributed by atoms with Gasteiger partial charge in [0.15, 0.2) is 0 Å². The molecule has 4 heteroatoms. The van der Waals surface area contributed by atoms with Crippen LogP contribution in [0.3, 0.4) is 0 Å². The average molecular weight is 239 g/mol. The molecule has 1 aromatic rings. The number of nitrogens with zero attached hydrogens (tertiary/aromatic N) is 2. The number of hydroxylamine groups is 1. The van der Waals surface area contributed by atoms with Crippen molar-refractivity contribution in [3.63, 3.8) is 0 Å². The lowest BCUT2D eigenvalue weighted by Gasteiger charge is -2.23. The van der Waals surface area contributed by atoms with Crippen LogP contribution in [-0.2, 0) is 11.4 Å². The molecule has 0 spiro atoms. The van der Waals surface area contributed by atoms with Gasteiger partial charge in [-0.15, -0.1) is 0 Å². The number of aryl methyl sites for hydroxylation is 2. The van der Waals surface area contributed by atoms with Crippen LogP contribution in [0.1, 0.15) is 57.6 Å². The van der Waals surface area contributed by atoms with E-state index >= 15 is 0 Å². The fraction of sp³-hybridized carbons (Fsp3) is 0.769. The summed E-state index contributed by atoms with van der Waals surface area (Å²) >= 11 is 0. The maximum absolute atomic E-state index is 5.61. The maximum Gasteiger partial charge on any atom is 0.0813 e. The fourth-order valence-electron chi connectivity index (χ4n) is 1.97. The third kappa shape index (κ3) is 3.54. The molecule has 1 unspecified atom stereocenters. The summed E-state index contributed by atoms with van der Waals surface area (Å²) in [6, 6.07) is 0.148. The summed E-state index contributed by atoms with van der Waals surface area (Å²) in [5, 5.41) is 4.52. The molecule has 1 heterocycles. The van der Waals surface area contributed by atoms with Crippen molar-refractivity contribution in [2.24, 2.45) is 0 Å². The summed E-state index contributed by atoms with van der Waals surface area (Å²) < 4.78 is 2.03. The van der Waals surface area contributed by atoms with Crippen LogP contribution in [0, 0.1) is 13.8 Å². The van der Waals surface area contributed by atoms with E-state index in [1.54, 1.807) is 0 Å². The topological polar surface area (TPSA) is 39.1 Å². The van der Waals surface area contributed by atoms with Crippen LogP contribution in [-0.4, -0.2) is 15.4 Å². The summed E-state index contributed by atoms with van der Waals surface area (Å²) in [6.45, 7) is 15.3. The van der Waals surface area contributed by atoms with Crippen molar-refractivity contribution in [1.29, 1.82) is 0 Å². The number of hydrogen-bond donors (Lipinski definition) is 1. The monoisotopic (exact) mass is 239 g/mol. The fourth-order valence-corrected chi connectivity index (χ4v) is 1.97. The van der Waals surface area contributed by atoms with Gasteiger partial charge in [0.2, 0.25) is 0 Å². The third-order valence-corrected chi connectivity index (χ3v) is 2.71. The predicted molar refractivity (Wildman–Crippen MR) is 69.8 cm³/mol. The minimum atomic E-state index is -0.184. The molecule has 1 N–H and O–H groups in total. The third-order valence-electron chi connectivity index (χ3n) is 2.71. The minimum Gasteiger partial charge on any atom is -0.296 e. The lowest BCUT2D eigenvalue weighted by atomic mass is 10.1. The Morgan fingerprint density at radius 2 is 1.94 bits per heavy atom. The first kappa shape index (κ1) is 14.2. The van der Waals surface area contributed by atoms with E-state index in [0.29, 0.717) is 0 Å². The van der Waals surface area contributed by atoms with Crippen molar-refractivity contribution in [3.05, 3.63) is 17.0 Å². The quantitative estimate of drug-likeness (QED) is 0.821. The summed E-state index contributed by atoms with van der Waals surface area (Å²) in [6.07, 6.45) is 0. The largest absolute Gasteiger partial charge is 0.296 e. The summed E-state index contributed by atoms with van der Waals surface area (Å²) in [7, 11) is 0. The van der Waals surface area contributed by atoms with E-state index in [9.17, 15) is 0 Å². The molecule has 17 heavy (non-hydrogen) atoms. The molecule has 0 amide bonds. The van der Waals surface area contributed by atoms with Gasteiger partial charge in [0.25, 0.3) is 0 Å². The zero-order chi connectivity index (χ0) is 13.2. The second-order valence-corrected chi connectivity index (χ2v) is 5.45. The molecule has 0 saturated heterocycles. The Morgan fingerprint density at radius 3 is 2.35 bits per heavy atom. The molecule has 0 aliphatic rings. The smallest absolute Gasteiger partial charge is 0.0813 e. The van der Waals surface area contributed by atoms with E-state index in [1.807, 2.05) is 32.4 Å². The van der Waals surface area contributed by atoms with Crippen molar-refractivity contribution in [2.75, 3.05) is 0 Å². The molecule has 1 rings (SSSR count). The van der Waals surface area contributed by atoms with Crippen molar-refractivity contribution in [1.82, 2.24) is 15.3 Å². The molecule has 0 radical (unpaired) electrons. The van der Waals surface area contributed by atoms with E-state index < -0.39 is 0 Å². The van der Waals surface area contributed by atoms with Crippen LogP contribution in [0.2, 0.25) is 0 Å². The van der Waals surface area contributed by atoms with Gasteiger partial charge in [0, 0.05) is 17.8 Å². The highest BCUT2D eigenvalue weighted by atomic mass is 16.7. The molecular weight excluding hydrogens is 214 g/mol. The van der Waals surface area contributed by atoms with Gasteiger partial charge in [0.05, 0.1) is 17.3 Å². The Hall–Kier alpha value is -0.870. The van der Waals surface area contributed by atoms with E-state index in [2.05, 4.69) is 31.3 Å². The van der Waals surface area contributed by atoms with Crippen molar-refractivity contribution < 1.29 is 4.84 Å². The Labute approximate surface area is 104 Å². The van der Waals surface area contributed by atoms with Crippen molar-refractivity contribution in [3.8, 4) is 0 Å². The van der Waals surface area contributed by atoms with Gasteiger partial charge in [-0.1, -0.05) is 0 Å². The van der Waals surface area contributed by atoms with Crippen LogP contribution in [0.25, 0.3) is 0 Å². The molecule has 98 valence electrons. The first-order valence-corrected chi connectivity index (χ1v) is 6.23.